The molecule has 4 N–H and O–H groups in total. The van der Waals surface area contributed by atoms with Gasteiger partial charge in [0.05, 0.1) is 12.3 Å². The van der Waals surface area contributed by atoms with Gasteiger partial charge in [-0.25, -0.2) is 0 Å². The highest BCUT2D eigenvalue weighted by atomic mass is 16.3. The van der Waals surface area contributed by atoms with Gasteiger partial charge in [-0.15, -0.1) is 0 Å². The Bertz CT molecular complexity index is 197. The van der Waals surface area contributed by atoms with E-state index in [9.17, 15) is 0 Å². The number of aliphatic hydroxyl groups is 1. The van der Waals surface area contributed by atoms with E-state index in [2.05, 4.69) is 0 Å². The molecule has 0 aromatic carbocycles. The highest BCUT2D eigenvalue weighted by Gasteiger charge is 2.12. The average molecular weight is 184 g/mol. The minimum Gasteiger partial charge on any atom is -0.402 e. The molecular formula is C10H20N2O. The minimum absolute atomic E-state index is 0.184. The fraction of sp³-hybridized carbons (Fsp3) is 0.700. The molecule has 1 aliphatic carbocycles. The number of nitrogens with two attached hydrogens (primary N) is 1. The first-order chi connectivity index (χ1) is 6.25. The highest BCUT2D eigenvalue weighted by Crippen LogP contribution is 2.21. The molecular weight excluding hydrogens is 164 g/mol. The molecule has 0 fully saturated rings. The second-order valence-electron chi connectivity index (χ2n) is 2.85. The lowest BCUT2D eigenvalue weighted by Gasteiger charge is -2.16. The van der Waals surface area contributed by atoms with Gasteiger partial charge in [0.2, 0.25) is 0 Å². The second-order valence-corrected chi connectivity index (χ2v) is 2.85. The van der Waals surface area contributed by atoms with Crippen molar-refractivity contribution >= 4 is 5.71 Å². The molecule has 0 spiro atoms. The fourth-order valence-corrected chi connectivity index (χ4v) is 1.37. The predicted molar refractivity (Wildman–Crippen MR) is 55.8 cm³/mol. The van der Waals surface area contributed by atoms with Gasteiger partial charge in [-0.1, -0.05) is 13.8 Å². The van der Waals surface area contributed by atoms with Crippen molar-refractivity contribution in [1.29, 1.82) is 5.41 Å². The molecule has 76 valence electrons. The molecule has 0 aliphatic heterocycles. The van der Waals surface area contributed by atoms with Crippen LogP contribution in [-0.4, -0.2) is 17.4 Å². The zero-order valence-corrected chi connectivity index (χ0v) is 8.56. The van der Waals surface area contributed by atoms with E-state index in [4.69, 9.17) is 16.2 Å². The summed E-state index contributed by atoms with van der Waals surface area (Å²) in [6.07, 6.45) is 3.97. The molecule has 0 saturated heterocycles. The zero-order valence-electron chi connectivity index (χ0n) is 8.56. The van der Waals surface area contributed by atoms with E-state index in [1.807, 2.05) is 13.8 Å². The summed E-state index contributed by atoms with van der Waals surface area (Å²) in [4.78, 5) is 0. The average Bonchev–Trinajstić information content (AvgIpc) is 2.20. The van der Waals surface area contributed by atoms with Crippen molar-refractivity contribution in [2.45, 2.75) is 39.5 Å². The largest absolute Gasteiger partial charge is 0.402 e. The zero-order chi connectivity index (χ0) is 10.3. The number of nitrogens with one attached hydrogen (secondary N) is 1. The quantitative estimate of drug-likeness (QED) is 0.573. The summed E-state index contributed by atoms with van der Waals surface area (Å²) in [5.41, 5.74) is 7.65. The van der Waals surface area contributed by atoms with Crippen LogP contribution in [0.25, 0.3) is 0 Å². The molecule has 0 saturated carbocycles. The summed E-state index contributed by atoms with van der Waals surface area (Å²) in [6, 6.07) is 0. The summed E-state index contributed by atoms with van der Waals surface area (Å²) in [5, 5.41) is 16.1. The Labute approximate surface area is 80.2 Å². The smallest absolute Gasteiger partial charge is 0.0849 e. The first-order valence-corrected chi connectivity index (χ1v) is 4.92. The fourth-order valence-electron chi connectivity index (χ4n) is 1.37. The van der Waals surface area contributed by atoms with Gasteiger partial charge in [-0.2, -0.15) is 0 Å². The Kier molecular flexibility index (Phi) is 6.24. The second kappa shape index (κ2) is 6.66. The topological polar surface area (TPSA) is 70.1 Å². The molecule has 3 heteroatoms. The van der Waals surface area contributed by atoms with Crippen LogP contribution in [0.1, 0.15) is 39.5 Å². The number of rotatable bonds is 2. The van der Waals surface area contributed by atoms with Crippen LogP contribution in [0.3, 0.4) is 0 Å². The van der Waals surface area contributed by atoms with E-state index in [-0.39, 0.29) is 6.61 Å². The molecule has 0 aromatic heterocycles. The van der Waals surface area contributed by atoms with Crippen molar-refractivity contribution in [3.63, 3.8) is 0 Å². The normalized spacial score (nSPS) is 16.2. The Morgan fingerprint density at radius 1 is 1.38 bits per heavy atom. The Morgan fingerprint density at radius 2 is 1.92 bits per heavy atom. The number of hydrogen-bond donors (Lipinski definition) is 3. The van der Waals surface area contributed by atoms with Crippen LogP contribution >= 0.6 is 0 Å². The van der Waals surface area contributed by atoms with Crippen LogP contribution in [0, 0.1) is 5.41 Å². The van der Waals surface area contributed by atoms with Gasteiger partial charge in [0.15, 0.2) is 0 Å². The SMILES string of the molecule is CC.N=C(CO)C1=C(N)CCCC1. The Morgan fingerprint density at radius 3 is 2.38 bits per heavy atom. The molecule has 13 heavy (non-hydrogen) atoms. The lowest BCUT2D eigenvalue weighted by Crippen LogP contribution is -2.16. The van der Waals surface area contributed by atoms with Crippen molar-refractivity contribution < 1.29 is 5.11 Å². The van der Waals surface area contributed by atoms with Crippen molar-refractivity contribution in [2.75, 3.05) is 6.61 Å². The number of aliphatic hydroxyl groups excluding tert-OH is 1. The van der Waals surface area contributed by atoms with Gasteiger partial charge >= 0.3 is 0 Å². The van der Waals surface area contributed by atoms with Gasteiger partial charge in [0, 0.05) is 5.70 Å². The predicted octanol–water partition coefficient (Wildman–Crippen LogP) is 1.81. The summed E-state index contributed by atoms with van der Waals surface area (Å²) in [5.74, 6) is 0. The van der Waals surface area contributed by atoms with E-state index in [0.717, 1.165) is 37.0 Å². The van der Waals surface area contributed by atoms with Crippen LogP contribution in [0.15, 0.2) is 11.3 Å². The lowest BCUT2D eigenvalue weighted by molar-refractivity contribution is 0.356. The van der Waals surface area contributed by atoms with Gasteiger partial charge in [-0.3, -0.25) is 0 Å². The van der Waals surface area contributed by atoms with E-state index < -0.39 is 0 Å². The molecule has 0 unspecified atom stereocenters. The van der Waals surface area contributed by atoms with Gasteiger partial charge < -0.3 is 16.2 Å². The van der Waals surface area contributed by atoms with Crippen LogP contribution in [0.4, 0.5) is 0 Å². The molecule has 0 bridgehead atoms. The molecule has 1 aliphatic rings. The Hall–Kier alpha value is -0.830. The van der Waals surface area contributed by atoms with Gasteiger partial charge in [0.25, 0.3) is 0 Å². The summed E-state index contributed by atoms with van der Waals surface area (Å²) in [7, 11) is 0. The molecule has 0 aromatic rings. The third-order valence-corrected chi connectivity index (χ3v) is 2.03. The third-order valence-electron chi connectivity index (χ3n) is 2.03. The highest BCUT2D eigenvalue weighted by molar-refractivity contribution is 5.99. The van der Waals surface area contributed by atoms with Crippen molar-refractivity contribution in [3.05, 3.63) is 11.3 Å². The molecule has 0 radical (unpaired) electrons. The monoisotopic (exact) mass is 184 g/mol. The first-order valence-electron chi connectivity index (χ1n) is 4.92. The van der Waals surface area contributed by atoms with Crippen LogP contribution in [-0.2, 0) is 0 Å². The lowest BCUT2D eigenvalue weighted by atomic mass is 9.93. The molecule has 0 heterocycles. The van der Waals surface area contributed by atoms with Crippen LogP contribution < -0.4 is 5.73 Å². The van der Waals surface area contributed by atoms with Crippen LogP contribution in [0.2, 0.25) is 0 Å². The maximum atomic E-state index is 8.69. The summed E-state index contributed by atoms with van der Waals surface area (Å²) < 4.78 is 0. The van der Waals surface area contributed by atoms with E-state index in [1.165, 1.54) is 0 Å². The third kappa shape index (κ3) is 3.59. The maximum Gasteiger partial charge on any atom is 0.0849 e. The molecule has 0 atom stereocenters. The van der Waals surface area contributed by atoms with E-state index in [0.29, 0.717) is 5.71 Å². The molecule has 3 nitrogen and oxygen atoms in total. The van der Waals surface area contributed by atoms with Crippen LogP contribution in [0.5, 0.6) is 0 Å². The molecule has 1 rings (SSSR count). The van der Waals surface area contributed by atoms with Crippen molar-refractivity contribution in [1.82, 2.24) is 0 Å². The van der Waals surface area contributed by atoms with Gasteiger partial charge in [-0.05, 0) is 31.3 Å². The maximum absolute atomic E-state index is 8.69. The minimum atomic E-state index is -0.184. The number of hydrogen-bond acceptors (Lipinski definition) is 3. The first kappa shape index (κ1) is 12.2. The van der Waals surface area contributed by atoms with Gasteiger partial charge in [0.1, 0.15) is 0 Å². The standard InChI is InChI=1S/C8H14N2O.C2H6/c9-7-4-2-1-3-6(7)8(10)5-11;1-2/h10-11H,1-5,9H2;1-2H3. The number of allylic oxidation sites excluding steroid dienone is 1. The molecule has 0 amide bonds. The van der Waals surface area contributed by atoms with Crippen molar-refractivity contribution in [2.24, 2.45) is 5.73 Å². The Balaban J connectivity index is 0.000000671. The van der Waals surface area contributed by atoms with E-state index >= 15 is 0 Å². The van der Waals surface area contributed by atoms with E-state index in [1.54, 1.807) is 0 Å². The van der Waals surface area contributed by atoms with Crippen molar-refractivity contribution in [3.8, 4) is 0 Å². The summed E-state index contributed by atoms with van der Waals surface area (Å²) >= 11 is 0. The summed E-state index contributed by atoms with van der Waals surface area (Å²) in [6.45, 7) is 3.82.